The average molecular weight is 356 g/mol. The van der Waals surface area contributed by atoms with Crippen molar-refractivity contribution in [1.29, 1.82) is 0 Å². The number of nitrogens with zero attached hydrogens (tertiary/aromatic N) is 1. The van der Waals surface area contributed by atoms with Crippen molar-refractivity contribution in [2.45, 2.75) is 31.7 Å². The van der Waals surface area contributed by atoms with E-state index in [4.69, 9.17) is 23.2 Å². The van der Waals surface area contributed by atoms with Gasteiger partial charge in [0.25, 0.3) is 0 Å². The second kappa shape index (κ2) is 6.44. The number of urea groups is 1. The Morgan fingerprint density at radius 2 is 2.18 bits per heavy atom. The Morgan fingerprint density at radius 1 is 1.41 bits per heavy atom. The summed E-state index contributed by atoms with van der Waals surface area (Å²) in [7, 11) is 0. The first-order chi connectivity index (χ1) is 10.5. The van der Waals surface area contributed by atoms with Crippen molar-refractivity contribution in [3.63, 3.8) is 0 Å². The summed E-state index contributed by atoms with van der Waals surface area (Å²) in [5.41, 5.74) is 1.90. The third kappa shape index (κ3) is 3.72. The van der Waals surface area contributed by atoms with E-state index in [0.717, 1.165) is 11.3 Å². The standard InChI is InChI=1S/C15H15Cl2N3OS/c1-8(11-5-4-10(16)6-12(11)17)18-14(21)20-15-19-13(7-22-15)9-2-3-9/h4-9H,2-3H2,1H3,(H2,18,19,20,21). The Morgan fingerprint density at radius 3 is 2.86 bits per heavy atom. The van der Waals surface area contributed by atoms with Crippen LogP contribution < -0.4 is 10.6 Å². The highest BCUT2D eigenvalue weighted by Gasteiger charge is 2.26. The molecule has 22 heavy (non-hydrogen) atoms. The summed E-state index contributed by atoms with van der Waals surface area (Å²) >= 11 is 13.5. The van der Waals surface area contributed by atoms with E-state index in [1.807, 2.05) is 18.4 Å². The molecule has 1 aliphatic rings. The lowest BCUT2D eigenvalue weighted by molar-refractivity contribution is 0.249. The van der Waals surface area contributed by atoms with Crippen LogP contribution in [0.5, 0.6) is 0 Å². The van der Waals surface area contributed by atoms with Crippen LogP contribution in [-0.2, 0) is 0 Å². The zero-order valence-electron chi connectivity index (χ0n) is 11.9. The maximum Gasteiger partial charge on any atom is 0.321 e. The Labute approximate surface area is 142 Å². The van der Waals surface area contributed by atoms with Gasteiger partial charge in [-0.25, -0.2) is 9.78 Å². The summed E-state index contributed by atoms with van der Waals surface area (Å²) in [6.07, 6.45) is 2.39. The van der Waals surface area contributed by atoms with E-state index in [1.165, 1.54) is 24.2 Å². The fraction of sp³-hybridized carbons (Fsp3) is 0.333. The summed E-state index contributed by atoms with van der Waals surface area (Å²) in [5.74, 6) is 0.585. The molecule has 0 radical (unpaired) electrons. The number of amides is 2. The predicted octanol–water partition coefficient (Wildman–Crippen LogP) is 5.21. The number of anilines is 1. The zero-order valence-corrected chi connectivity index (χ0v) is 14.2. The molecule has 0 bridgehead atoms. The third-order valence-corrected chi connectivity index (χ3v) is 4.85. The molecule has 1 aliphatic carbocycles. The number of benzene rings is 1. The Hall–Kier alpha value is -1.30. The molecule has 7 heteroatoms. The maximum absolute atomic E-state index is 12.0. The van der Waals surface area contributed by atoms with Crippen LogP contribution in [0.1, 0.15) is 43.0 Å². The minimum absolute atomic E-state index is 0.229. The van der Waals surface area contributed by atoms with Gasteiger partial charge in [0.1, 0.15) is 0 Å². The summed E-state index contributed by atoms with van der Waals surface area (Å²) < 4.78 is 0. The van der Waals surface area contributed by atoms with E-state index in [1.54, 1.807) is 12.1 Å². The number of halogens is 2. The number of thiazole rings is 1. The van der Waals surface area contributed by atoms with E-state index in [2.05, 4.69) is 15.6 Å². The van der Waals surface area contributed by atoms with Crippen LogP contribution in [-0.4, -0.2) is 11.0 Å². The summed E-state index contributed by atoms with van der Waals surface area (Å²) in [6.45, 7) is 1.87. The number of carbonyl (C=O) groups excluding carboxylic acids is 1. The molecule has 2 amide bonds. The van der Waals surface area contributed by atoms with Gasteiger partial charge in [-0.05, 0) is 37.5 Å². The average Bonchev–Trinajstić information content (AvgIpc) is 3.19. The van der Waals surface area contributed by atoms with Crippen LogP contribution in [0.3, 0.4) is 0 Å². The molecule has 0 spiro atoms. The first-order valence-corrected chi connectivity index (χ1v) is 8.64. The largest absolute Gasteiger partial charge is 0.331 e. The van der Waals surface area contributed by atoms with Gasteiger partial charge in [0.2, 0.25) is 0 Å². The SMILES string of the molecule is CC(NC(=O)Nc1nc(C2CC2)cs1)c1ccc(Cl)cc1Cl. The summed E-state index contributed by atoms with van der Waals surface area (Å²) in [6, 6.07) is 4.70. The molecule has 1 aromatic carbocycles. The topological polar surface area (TPSA) is 54.0 Å². The fourth-order valence-electron chi connectivity index (χ4n) is 2.17. The fourth-order valence-corrected chi connectivity index (χ4v) is 3.53. The number of nitrogens with one attached hydrogen (secondary N) is 2. The molecule has 0 aliphatic heterocycles. The summed E-state index contributed by atoms with van der Waals surface area (Å²) in [4.78, 5) is 16.5. The third-order valence-electron chi connectivity index (χ3n) is 3.51. The first kappa shape index (κ1) is 15.6. The minimum atomic E-state index is -0.296. The number of aromatic nitrogens is 1. The molecule has 4 nitrogen and oxygen atoms in total. The lowest BCUT2D eigenvalue weighted by Crippen LogP contribution is -2.31. The first-order valence-electron chi connectivity index (χ1n) is 7.01. The van der Waals surface area contributed by atoms with Gasteiger partial charge in [-0.1, -0.05) is 29.3 Å². The Kier molecular flexibility index (Phi) is 4.57. The van der Waals surface area contributed by atoms with E-state index in [9.17, 15) is 4.79 Å². The number of hydrogen-bond acceptors (Lipinski definition) is 3. The molecule has 116 valence electrons. The molecule has 1 unspecified atom stereocenters. The molecule has 0 saturated heterocycles. The minimum Gasteiger partial charge on any atom is -0.331 e. The van der Waals surface area contributed by atoms with Gasteiger partial charge in [0.05, 0.1) is 11.7 Å². The maximum atomic E-state index is 12.0. The smallest absolute Gasteiger partial charge is 0.321 e. The molecule has 1 heterocycles. The molecule has 2 aromatic rings. The van der Waals surface area contributed by atoms with Gasteiger partial charge in [-0.15, -0.1) is 11.3 Å². The van der Waals surface area contributed by atoms with Gasteiger partial charge in [0, 0.05) is 21.3 Å². The highest BCUT2D eigenvalue weighted by Crippen LogP contribution is 2.40. The number of carbonyl (C=O) groups is 1. The molecule has 2 N–H and O–H groups in total. The van der Waals surface area contributed by atoms with Crippen molar-refractivity contribution in [1.82, 2.24) is 10.3 Å². The van der Waals surface area contributed by atoms with Crippen LogP contribution in [0, 0.1) is 0 Å². The zero-order chi connectivity index (χ0) is 15.7. The van der Waals surface area contributed by atoms with E-state index >= 15 is 0 Å². The van der Waals surface area contributed by atoms with Gasteiger partial charge >= 0.3 is 6.03 Å². The number of hydrogen-bond donors (Lipinski definition) is 2. The van der Waals surface area contributed by atoms with E-state index in [0.29, 0.717) is 21.1 Å². The van der Waals surface area contributed by atoms with Crippen LogP contribution in [0.25, 0.3) is 0 Å². The van der Waals surface area contributed by atoms with Crippen molar-refractivity contribution in [2.75, 3.05) is 5.32 Å². The van der Waals surface area contributed by atoms with E-state index in [-0.39, 0.29) is 12.1 Å². The van der Waals surface area contributed by atoms with Gasteiger partial charge in [0.15, 0.2) is 5.13 Å². The highest BCUT2D eigenvalue weighted by atomic mass is 35.5. The van der Waals surface area contributed by atoms with Crippen molar-refractivity contribution in [3.8, 4) is 0 Å². The molecule has 1 aromatic heterocycles. The molecular formula is C15H15Cl2N3OS. The van der Waals surface area contributed by atoms with Crippen molar-refractivity contribution >= 4 is 45.7 Å². The van der Waals surface area contributed by atoms with Crippen molar-refractivity contribution < 1.29 is 4.79 Å². The molecule has 1 fully saturated rings. The second-order valence-electron chi connectivity index (χ2n) is 5.34. The molecule has 1 saturated carbocycles. The van der Waals surface area contributed by atoms with Gasteiger partial charge in [-0.3, -0.25) is 5.32 Å². The van der Waals surface area contributed by atoms with Gasteiger partial charge < -0.3 is 5.32 Å². The van der Waals surface area contributed by atoms with Crippen LogP contribution >= 0.6 is 34.5 Å². The lowest BCUT2D eigenvalue weighted by Gasteiger charge is -2.15. The molecule has 1 atom stereocenters. The quantitative estimate of drug-likeness (QED) is 0.790. The second-order valence-corrected chi connectivity index (χ2v) is 7.04. The van der Waals surface area contributed by atoms with Gasteiger partial charge in [-0.2, -0.15) is 0 Å². The number of rotatable bonds is 4. The highest BCUT2D eigenvalue weighted by molar-refractivity contribution is 7.13. The molecule has 3 rings (SSSR count). The molecular weight excluding hydrogens is 341 g/mol. The summed E-state index contributed by atoms with van der Waals surface area (Å²) in [5, 5.41) is 9.34. The van der Waals surface area contributed by atoms with Crippen LogP contribution in [0.15, 0.2) is 23.6 Å². The monoisotopic (exact) mass is 355 g/mol. The Bertz CT molecular complexity index is 700. The van der Waals surface area contributed by atoms with E-state index < -0.39 is 0 Å². The van der Waals surface area contributed by atoms with Crippen LogP contribution in [0.4, 0.5) is 9.93 Å². The predicted molar refractivity (Wildman–Crippen MR) is 91.1 cm³/mol. The van der Waals surface area contributed by atoms with Crippen LogP contribution in [0.2, 0.25) is 10.0 Å². The normalized spacial score (nSPS) is 15.4. The van der Waals surface area contributed by atoms with Crippen molar-refractivity contribution in [2.24, 2.45) is 0 Å². The Balaban J connectivity index is 1.60. The lowest BCUT2D eigenvalue weighted by atomic mass is 10.1. The van der Waals surface area contributed by atoms with Crippen molar-refractivity contribution in [3.05, 3.63) is 44.9 Å².